The minimum absolute atomic E-state index is 0.0224. The van der Waals surface area contributed by atoms with Crippen molar-refractivity contribution in [2.24, 2.45) is 0 Å². The smallest absolute Gasteiger partial charge is 0.242 e. The SMILES string of the molecule is Nc1nc(N)nc(SC(C(=O)Nc2ccc(F)cc2)c2ccccc2)n1. The molecule has 0 aliphatic rings. The molecule has 3 rings (SSSR count). The molecule has 0 saturated heterocycles. The van der Waals surface area contributed by atoms with Crippen LogP contribution in [0.4, 0.5) is 22.0 Å². The molecule has 0 spiro atoms. The monoisotopic (exact) mass is 370 g/mol. The van der Waals surface area contributed by atoms with Gasteiger partial charge in [0.25, 0.3) is 0 Å². The molecular formula is C17H15FN6OS. The van der Waals surface area contributed by atoms with E-state index in [0.29, 0.717) is 5.69 Å². The maximum Gasteiger partial charge on any atom is 0.242 e. The summed E-state index contributed by atoms with van der Waals surface area (Å²) in [6.07, 6.45) is 0. The van der Waals surface area contributed by atoms with E-state index in [9.17, 15) is 9.18 Å². The molecule has 0 fully saturated rings. The molecule has 132 valence electrons. The van der Waals surface area contributed by atoms with E-state index in [4.69, 9.17) is 11.5 Å². The molecule has 0 radical (unpaired) electrons. The summed E-state index contributed by atoms with van der Waals surface area (Å²) in [7, 11) is 0. The number of rotatable bonds is 5. The first-order valence-corrected chi connectivity index (χ1v) is 8.44. The molecule has 0 aliphatic heterocycles. The van der Waals surface area contributed by atoms with E-state index >= 15 is 0 Å². The van der Waals surface area contributed by atoms with Crippen molar-refractivity contribution in [2.45, 2.75) is 10.4 Å². The summed E-state index contributed by atoms with van der Waals surface area (Å²) in [6.45, 7) is 0. The van der Waals surface area contributed by atoms with Gasteiger partial charge < -0.3 is 16.8 Å². The second-order valence-corrected chi connectivity index (χ2v) is 6.31. The van der Waals surface area contributed by atoms with Gasteiger partial charge in [-0.05, 0) is 29.8 Å². The van der Waals surface area contributed by atoms with E-state index in [-0.39, 0.29) is 28.8 Å². The highest BCUT2D eigenvalue weighted by Gasteiger charge is 2.24. The van der Waals surface area contributed by atoms with E-state index in [1.165, 1.54) is 24.3 Å². The maximum absolute atomic E-state index is 13.0. The van der Waals surface area contributed by atoms with Crippen molar-refractivity contribution in [2.75, 3.05) is 16.8 Å². The van der Waals surface area contributed by atoms with Crippen molar-refractivity contribution in [3.8, 4) is 0 Å². The van der Waals surface area contributed by atoms with Crippen LogP contribution in [0.15, 0.2) is 59.8 Å². The second kappa shape index (κ2) is 7.79. The van der Waals surface area contributed by atoms with Crippen LogP contribution < -0.4 is 16.8 Å². The largest absolute Gasteiger partial charge is 0.368 e. The van der Waals surface area contributed by atoms with Crippen molar-refractivity contribution < 1.29 is 9.18 Å². The van der Waals surface area contributed by atoms with Gasteiger partial charge in [0, 0.05) is 5.69 Å². The third kappa shape index (κ3) is 4.45. The molecule has 1 amide bonds. The molecule has 0 aliphatic carbocycles. The Morgan fingerprint density at radius 2 is 1.58 bits per heavy atom. The van der Waals surface area contributed by atoms with Crippen LogP contribution in [0.3, 0.4) is 0 Å². The molecule has 1 unspecified atom stereocenters. The Morgan fingerprint density at radius 3 is 2.19 bits per heavy atom. The summed E-state index contributed by atoms with van der Waals surface area (Å²) in [5.41, 5.74) is 12.4. The number of thioether (sulfide) groups is 1. The van der Waals surface area contributed by atoms with Gasteiger partial charge in [0.1, 0.15) is 11.1 Å². The molecule has 0 bridgehead atoms. The fraction of sp³-hybridized carbons (Fsp3) is 0.0588. The molecular weight excluding hydrogens is 355 g/mol. The summed E-state index contributed by atoms with van der Waals surface area (Å²) >= 11 is 1.09. The zero-order valence-electron chi connectivity index (χ0n) is 13.5. The Labute approximate surface area is 153 Å². The number of amides is 1. The van der Waals surface area contributed by atoms with Gasteiger partial charge in [0.2, 0.25) is 17.8 Å². The zero-order valence-corrected chi connectivity index (χ0v) is 14.3. The lowest BCUT2D eigenvalue weighted by Crippen LogP contribution is -2.19. The average Bonchev–Trinajstić information content (AvgIpc) is 2.61. The number of hydrogen-bond donors (Lipinski definition) is 3. The van der Waals surface area contributed by atoms with Gasteiger partial charge in [-0.3, -0.25) is 4.79 Å². The topological polar surface area (TPSA) is 120 Å². The molecule has 1 atom stereocenters. The summed E-state index contributed by atoms with van der Waals surface area (Å²) in [4.78, 5) is 24.6. The quantitative estimate of drug-likeness (QED) is 0.591. The van der Waals surface area contributed by atoms with E-state index in [1.807, 2.05) is 30.3 Å². The van der Waals surface area contributed by atoms with Crippen LogP contribution in [-0.2, 0) is 4.79 Å². The average molecular weight is 370 g/mol. The van der Waals surface area contributed by atoms with Crippen molar-refractivity contribution in [3.05, 3.63) is 66.0 Å². The number of anilines is 3. The molecule has 5 N–H and O–H groups in total. The summed E-state index contributed by atoms with van der Waals surface area (Å²) in [6, 6.07) is 14.6. The number of hydrogen-bond acceptors (Lipinski definition) is 7. The van der Waals surface area contributed by atoms with Crippen LogP contribution in [-0.4, -0.2) is 20.9 Å². The maximum atomic E-state index is 13.0. The number of nitrogens with one attached hydrogen (secondary N) is 1. The molecule has 1 heterocycles. The van der Waals surface area contributed by atoms with E-state index in [0.717, 1.165) is 17.3 Å². The van der Waals surface area contributed by atoms with Crippen LogP contribution in [0.5, 0.6) is 0 Å². The van der Waals surface area contributed by atoms with Gasteiger partial charge in [0.05, 0.1) is 0 Å². The highest BCUT2D eigenvalue weighted by molar-refractivity contribution is 8.00. The standard InChI is InChI=1S/C17H15FN6OS/c18-11-6-8-12(9-7-11)21-14(25)13(10-4-2-1-3-5-10)26-17-23-15(19)22-16(20)24-17/h1-9,13H,(H,21,25)(H4,19,20,22,23,24). The number of nitrogens with zero attached hydrogens (tertiary/aromatic N) is 3. The number of benzene rings is 2. The van der Waals surface area contributed by atoms with Crippen molar-refractivity contribution in [1.29, 1.82) is 0 Å². The molecule has 3 aromatic rings. The predicted octanol–water partition coefficient (Wildman–Crippen LogP) is 2.65. The lowest BCUT2D eigenvalue weighted by molar-refractivity contribution is -0.115. The number of nitrogen functional groups attached to an aromatic ring is 2. The lowest BCUT2D eigenvalue weighted by atomic mass is 10.1. The fourth-order valence-electron chi connectivity index (χ4n) is 2.19. The normalized spacial score (nSPS) is 11.7. The number of carbonyl (C=O) groups is 1. The first kappa shape index (κ1) is 17.6. The highest BCUT2D eigenvalue weighted by Crippen LogP contribution is 2.34. The third-order valence-corrected chi connectivity index (χ3v) is 4.44. The van der Waals surface area contributed by atoms with E-state index < -0.39 is 5.25 Å². The Balaban J connectivity index is 1.87. The highest BCUT2D eigenvalue weighted by atomic mass is 32.2. The fourth-order valence-corrected chi connectivity index (χ4v) is 3.15. The number of nitrogens with two attached hydrogens (primary N) is 2. The Hall–Kier alpha value is -3.20. The second-order valence-electron chi connectivity index (χ2n) is 5.24. The molecule has 9 heteroatoms. The molecule has 1 aromatic heterocycles. The van der Waals surface area contributed by atoms with Gasteiger partial charge in [0.15, 0.2) is 5.16 Å². The van der Waals surface area contributed by atoms with Gasteiger partial charge in [-0.2, -0.15) is 15.0 Å². The van der Waals surface area contributed by atoms with E-state index in [2.05, 4.69) is 20.3 Å². The van der Waals surface area contributed by atoms with Gasteiger partial charge >= 0.3 is 0 Å². The van der Waals surface area contributed by atoms with Gasteiger partial charge in [-0.15, -0.1) is 0 Å². The zero-order chi connectivity index (χ0) is 18.5. The first-order chi connectivity index (χ1) is 12.5. The predicted molar refractivity (Wildman–Crippen MR) is 98.7 cm³/mol. The van der Waals surface area contributed by atoms with Crippen LogP contribution in [0.1, 0.15) is 10.8 Å². The summed E-state index contributed by atoms with van der Waals surface area (Å²) in [5.74, 6) is -0.741. The van der Waals surface area contributed by atoms with Gasteiger partial charge in [-0.25, -0.2) is 4.39 Å². The summed E-state index contributed by atoms with van der Waals surface area (Å²) in [5, 5.41) is 2.33. The number of aromatic nitrogens is 3. The molecule has 0 saturated carbocycles. The van der Waals surface area contributed by atoms with Crippen molar-refractivity contribution >= 4 is 35.3 Å². The molecule has 2 aromatic carbocycles. The van der Waals surface area contributed by atoms with Crippen LogP contribution in [0, 0.1) is 5.82 Å². The van der Waals surface area contributed by atoms with Crippen LogP contribution in [0.25, 0.3) is 0 Å². The number of carbonyl (C=O) groups excluding carboxylic acids is 1. The van der Waals surface area contributed by atoms with Gasteiger partial charge in [-0.1, -0.05) is 42.1 Å². The minimum Gasteiger partial charge on any atom is -0.368 e. The molecule has 26 heavy (non-hydrogen) atoms. The van der Waals surface area contributed by atoms with E-state index in [1.54, 1.807) is 0 Å². The molecule has 7 nitrogen and oxygen atoms in total. The third-order valence-electron chi connectivity index (χ3n) is 3.32. The van der Waals surface area contributed by atoms with Crippen LogP contribution in [0.2, 0.25) is 0 Å². The Bertz CT molecular complexity index is 887. The lowest BCUT2D eigenvalue weighted by Gasteiger charge is -2.16. The van der Waals surface area contributed by atoms with Crippen LogP contribution >= 0.6 is 11.8 Å². The first-order valence-electron chi connectivity index (χ1n) is 7.56. The summed E-state index contributed by atoms with van der Waals surface area (Å²) < 4.78 is 13.0. The Morgan fingerprint density at radius 1 is 0.962 bits per heavy atom. The Kier molecular flexibility index (Phi) is 5.28. The van der Waals surface area contributed by atoms with Crippen molar-refractivity contribution in [3.63, 3.8) is 0 Å². The number of halogens is 1. The van der Waals surface area contributed by atoms with Crippen molar-refractivity contribution in [1.82, 2.24) is 15.0 Å². The minimum atomic E-state index is -0.664.